The maximum atomic E-state index is 10.5. The molecule has 0 amide bonds. The van der Waals surface area contributed by atoms with Crippen LogP contribution < -0.4 is 9.47 Å². The first kappa shape index (κ1) is 14.7. The maximum absolute atomic E-state index is 10.5. The monoisotopic (exact) mass is 324 g/mol. The molecule has 1 aromatic carbocycles. The highest BCUT2D eigenvalue weighted by Gasteiger charge is 2.21. The molecule has 3 nitrogen and oxygen atoms in total. The van der Waals surface area contributed by atoms with Crippen LogP contribution in [0.25, 0.3) is 0 Å². The quantitative estimate of drug-likeness (QED) is 0.899. The van der Waals surface area contributed by atoms with Gasteiger partial charge >= 0.3 is 0 Å². The zero-order valence-electron chi connectivity index (χ0n) is 11.9. The number of fused-ring (bicyclic) bond motifs is 1. The summed E-state index contributed by atoms with van der Waals surface area (Å²) in [5.74, 6) is 1.75. The van der Waals surface area contributed by atoms with Crippen LogP contribution in [0.2, 0.25) is 5.02 Å². The molecule has 1 aliphatic rings. The molecule has 1 N–H and O–H groups in total. The fourth-order valence-corrected chi connectivity index (χ4v) is 3.53. The molecule has 112 valence electrons. The number of rotatable bonds is 2. The van der Waals surface area contributed by atoms with Crippen molar-refractivity contribution in [3.8, 4) is 11.5 Å². The van der Waals surface area contributed by atoms with Crippen molar-refractivity contribution in [2.45, 2.75) is 20.0 Å². The topological polar surface area (TPSA) is 38.7 Å². The highest BCUT2D eigenvalue weighted by Crippen LogP contribution is 2.39. The lowest BCUT2D eigenvalue weighted by Gasteiger charge is -2.13. The number of hydrogen-bond donors (Lipinski definition) is 1. The maximum Gasteiger partial charge on any atom is 0.161 e. The van der Waals surface area contributed by atoms with Gasteiger partial charge in [-0.25, -0.2) is 0 Å². The Morgan fingerprint density at radius 3 is 2.67 bits per heavy atom. The van der Waals surface area contributed by atoms with E-state index in [9.17, 15) is 5.11 Å². The molecule has 0 saturated carbocycles. The van der Waals surface area contributed by atoms with E-state index in [2.05, 4.69) is 6.92 Å². The first-order chi connectivity index (χ1) is 10.1. The summed E-state index contributed by atoms with van der Waals surface area (Å²) in [6, 6.07) is 5.54. The zero-order chi connectivity index (χ0) is 15.0. The molecule has 2 atom stereocenters. The average Bonchev–Trinajstić information content (AvgIpc) is 2.71. The van der Waals surface area contributed by atoms with Crippen LogP contribution in [0, 0.1) is 12.8 Å². The number of ether oxygens (including phenoxy) is 2. The Bertz CT molecular complexity index is 653. The van der Waals surface area contributed by atoms with Gasteiger partial charge in [-0.1, -0.05) is 24.6 Å². The summed E-state index contributed by atoms with van der Waals surface area (Å²) in [6.45, 7) is 5.27. The van der Waals surface area contributed by atoms with E-state index in [-0.39, 0.29) is 0 Å². The standard InChI is InChI=1S/C16H17ClO3S/c1-9-6-19-12-4-3-11(5-13(12)20-7-9)15(18)16-14(17)10(2)8-21-16/h3-5,8-9,15,18H,6-7H2,1-2H3. The minimum Gasteiger partial charge on any atom is -0.489 e. The Morgan fingerprint density at radius 2 is 2.00 bits per heavy atom. The Balaban J connectivity index is 1.92. The van der Waals surface area contributed by atoms with Gasteiger partial charge in [-0.05, 0) is 35.6 Å². The Morgan fingerprint density at radius 1 is 1.29 bits per heavy atom. The van der Waals surface area contributed by atoms with Gasteiger partial charge in [0.1, 0.15) is 6.10 Å². The van der Waals surface area contributed by atoms with Crippen LogP contribution in [0.15, 0.2) is 23.6 Å². The molecule has 0 fully saturated rings. The summed E-state index contributed by atoms with van der Waals surface area (Å²) in [5, 5.41) is 13.1. The normalized spacial score (nSPS) is 19.1. The van der Waals surface area contributed by atoms with Crippen molar-refractivity contribution in [3.05, 3.63) is 44.6 Å². The van der Waals surface area contributed by atoms with E-state index >= 15 is 0 Å². The molecule has 21 heavy (non-hydrogen) atoms. The first-order valence-electron chi connectivity index (χ1n) is 6.87. The van der Waals surface area contributed by atoms with Crippen LogP contribution in [0.4, 0.5) is 0 Å². The molecule has 3 rings (SSSR count). The fourth-order valence-electron chi connectivity index (χ4n) is 2.22. The van der Waals surface area contributed by atoms with Crippen molar-refractivity contribution in [3.63, 3.8) is 0 Å². The minimum atomic E-state index is -0.745. The van der Waals surface area contributed by atoms with Gasteiger partial charge in [-0.15, -0.1) is 11.3 Å². The predicted molar refractivity (Wildman–Crippen MR) is 84.7 cm³/mol. The first-order valence-corrected chi connectivity index (χ1v) is 8.13. The van der Waals surface area contributed by atoms with E-state index < -0.39 is 6.10 Å². The predicted octanol–water partition coefficient (Wildman–Crippen LogP) is 4.20. The zero-order valence-corrected chi connectivity index (χ0v) is 13.5. The van der Waals surface area contributed by atoms with E-state index in [0.29, 0.717) is 29.9 Å². The molecule has 0 spiro atoms. The third-order valence-corrected chi connectivity index (χ3v) is 5.27. The minimum absolute atomic E-state index is 0.347. The lowest BCUT2D eigenvalue weighted by atomic mass is 10.1. The van der Waals surface area contributed by atoms with Gasteiger partial charge in [0, 0.05) is 5.92 Å². The third kappa shape index (κ3) is 2.89. The van der Waals surface area contributed by atoms with Gasteiger partial charge in [-0.2, -0.15) is 0 Å². The van der Waals surface area contributed by atoms with E-state index in [1.165, 1.54) is 11.3 Å². The van der Waals surface area contributed by atoms with E-state index in [1.54, 1.807) is 0 Å². The SMILES string of the molecule is Cc1csc(C(O)c2ccc3c(c2)OCC(C)CO3)c1Cl. The van der Waals surface area contributed by atoms with Crippen LogP contribution in [-0.4, -0.2) is 18.3 Å². The summed E-state index contributed by atoms with van der Waals surface area (Å²) in [7, 11) is 0. The molecule has 0 radical (unpaired) electrons. The number of aliphatic hydroxyl groups is 1. The lowest BCUT2D eigenvalue weighted by Crippen LogP contribution is -2.12. The van der Waals surface area contributed by atoms with Crippen molar-refractivity contribution in [1.29, 1.82) is 0 Å². The molecular formula is C16H17ClO3S. The van der Waals surface area contributed by atoms with Crippen LogP contribution in [0.5, 0.6) is 11.5 Å². The summed E-state index contributed by atoms with van der Waals surface area (Å²) in [6.07, 6.45) is -0.745. The van der Waals surface area contributed by atoms with E-state index in [0.717, 1.165) is 21.8 Å². The number of aryl methyl sites for hydroxylation is 1. The molecule has 0 bridgehead atoms. The van der Waals surface area contributed by atoms with Gasteiger partial charge in [-0.3, -0.25) is 0 Å². The molecule has 5 heteroatoms. The van der Waals surface area contributed by atoms with Crippen molar-refractivity contribution in [1.82, 2.24) is 0 Å². The third-order valence-electron chi connectivity index (χ3n) is 3.50. The lowest BCUT2D eigenvalue weighted by molar-refractivity contribution is 0.221. The summed E-state index contributed by atoms with van der Waals surface area (Å²) in [5.41, 5.74) is 1.74. The summed E-state index contributed by atoms with van der Waals surface area (Å²) >= 11 is 7.70. The molecule has 0 saturated heterocycles. The van der Waals surface area contributed by atoms with Crippen molar-refractivity contribution < 1.29 is 14.6 Å². The van der Waals surface area contributed by atoms with Gasteiger partial charge in [0.2, 0.25) is 0 Å². The van der Waals surface area contributed by atoms with Gasteiger partial charge in [0.05, 0.1) is 23.1 Å². The van der Waals surface area contributed by atoms with Crippen LogP contribution in [0.1, 0.15) is 29.0 Å². The molecular weight excluding hydrogens is 308 g/mol. The van der Waals surface area contributed by atoms with Gasteiger partial charge in [0.25, 0.3) is 0 Å². The summed E-state index contributed by atoms with van der Waals surface area (Å²) < 4.78 is 11.5. The number of hydrogen-bond acceptors (Lipinski definition) is 4. The van der Waals surface area contributed by atoms with Crippen LogP contribution in [0.3, 0.4) is 0 Å². The van der Waals surface area contributed by atoms with Gasteiger partial charge in [0.15, 0.2) is 11.5 Å². The van der Waals surface area contributed by atoms with Crippen LogP contribution >= 0.6 is 22.9 Å². The van der Waals surface area contributed by atoms with E-state index in [1.807, 2.05) is 30.5 Å². The van der Waals surface area contributed by atoms with E-state index in [4.69, 9.17) is 21.1 Å². The molecule has 2 unspecified atom stereocenters. The largest absolute Gasteiger partial charge is 0.489 e. The molecule has 0 aliphatic carbocycles. The Labute approximate surface area is 133 Å². The Hall–Kier alpha value is -1.23. The highest BCUT2D eigenvalue weighted by molar-refractivity contribution is 7.10. The number of halogens is 1. The second-order valence-electron chi connectivity index (χ2n) is 5.43. The van der Waals surface area contributed by atoms with Crippen molar-refractivity contribution in [2.75, 3.05) is 13.2 Å². The molecule has 2 heterocycles. The van der Waals surface area contributed by atoms with Gasteiger partial charge < -0.3 is 14.6 Å². The molecule has 2 aromatic rings. The number of aliphatic hydroxyl groups excluding tert-OH is 1. The number of thiophene rings is 1. The van der Waals surface area contributed by atoms with Crippen molar-refractivity contribution >= 4 is 22.9 Å². The highest BCUT2D eigenvalue weighted by atomic mass is 35.5. The second kappa shape index (κ2) is 5.87. The summed E-state index contributed by atoms with van der Waals surface area (Å²) in [4.78, 5) is 0.761. The molecule has 1 aromatic heterocycles. The van der Waals surface area contributed by atoms with Crippen molar-refractivity contribution in [2.24, 2.45) is 5.92 Å². The smallest absolute Gasteiger partial charge is 0.161 e. The Kier molecular flexibility index (Phi) is 4.11. The molecule has 1 aliphatic heterocycles. The second-order valence-corrected chi connectivity index (χ2v) is 6.72. The number of benzene rings is 1. The average molecular weight is 325 g/mol. The fraction of sp³-hybridized carbons (Fsp3) is 0.375. The van der Waals surface area contributed by atoms with Crippen LogP contribution in [-0.2, 0) is 0 Å².